The maximum Gasteiger partial charge on any atom is 0.150 e. The van der Waals surface area contributed by atoms with E-state index in [9.17, 15) is 0 Å². The molecule has 0 aromatic carbocycles. The summed E-state index contributed by atoms with van der Waals surface area (Å²) in [5.74, 6) is 1.01. The summed E-state index contributed by atoms with van der Waals surface area (Å²) in [5, 5.41) is 4.00. The van der Waals surface area contributed by atoms with Crippen molar-refractivity contribution in [2.75, 3.05) is 19.6 Å². The number of rotatable bonds is 3. The Bertz CT molecular complexity index is 417. The third-order valence-corrected chi connectivity index (χ3v) is 4.66. The smallest absolute Gasteiger partial charge is 0.150 e. The van der Waals surface area contributed by atoms with Crippen LogP contribution in [0.4, 0.5) is 0 Å². The first-order valence-corrected chi connectivity index (χ1v) is 7.66. The molecule has 2 atom stereocenters. The molecule has 0 aliphatic carbocycles. The zero-order valence-electron chi connectivity index (χ0n) is 12.1. The summed E-state index contributed by atoms with van der Waals surface area (Å²) in [6.07, 6.45) is 5.36. The van der Waals surface area contributed by atoms with E-state index in [2.05, 4.69) is 27.9 Å². The molecule has 2 fully saturated rings. The summed E-state index contributed by atoms with van der Waals surface area (Å²) in [5.41, 5.74) is 0.986. The fourth-order valence-electron chi connectivity index (χ4n) is 3.58. The van der Waals surface area contributed by atoms with Gasteiger partial charge in [-0.2, -0.15) is 0 Å². The van der Waals surface area contributed by atoms with E-state index >= 15 is 0 Å². The molecule has 0 spiro atoms. The van der Waals surface area contributed by atoms with Crippen LogP contribution in [-0.4, -0.2) is 46.7 Å². The predicted molar refractivity (Wildman–Crippen MR) is 74.9 cm³/mol. The van der Waals surface area contributed by atoms with Crippen molar-refractivity contribution in [1.29, 1.82) is 0 Å². The number of aromatic nitrogens is 1. The summed E-state index contributed by atoms with van der Waals surface area (Å²) in [6, 6.07) is 3.50. The van der Waals surface area contributed by atoms with Crippen molar-refractivity contribution in [3.05, 3.63) is 17.5 Å². The molecule has 0 bridgehead atoms. The standard InChI is InChI=1S/C15H25N3O/c1-3-13-9-17-7-5-4-6-14(17)10-18(13)11-15-8-12(2)16-19-15/h8,13-14H,3-7,9-11H2,1-2H3. The van der Waals surface area contributed by atoms with Crippen LogP contribution in [0.1, 0.15) is 44.1 Å². The van der Waals surface area contributed by atoms with E-state index in [0.29, 0.717) is 6.04 Å². The molecule has 4 nitrogen and oxygen atoms in total. The van der Waals surface area contributed by atoms with Crippen LogP contribution in [0.5, 0.6) is 0 Å². The molecule has 2 unspecified atom stereocenters. The molecule has 19 heavy (non-hydrogen) atoms. The molecule has 1 aromatic rings. The van der Waals surface area contributed by atoms with Crippen molar-refractivity contribution in [1.82, 2.24) is 15.0 Å². The first-order chi connectivity index (χ1) is 9.26. The number of nitrogens with zero attached hydrogens (tertiary/aromatic N) is 3. The highest BCUT2D eigenvalue weighted by atomic mass is 16.5. The SMILES string of the molecule is CCC1CN2CCCCC2CN1Cc1cc(C)no1. The maximum atomic E-state index is 5.39. The van der Waals surface area contributed by atoms with Gasteiger partial charge in [0.15, 0.2) is 5.76 Å². The van der Waals surface area contributed by atoms with Crippen molar-refractivity contribution < 1.29 is 4.52 Å². The number of aryl methyl sites for hydroxylation is 1. The molecule has 1 aromatic heterocycles. The van der Waals surface area contributed by atoms with E-state index in [4.69, 9.17) is 4.52 Å². The highest BCUT2D eigenvalue weighted by Gasteiger charge is 2.34. The van der Waals surface area contributed by atoms with Gasteiger partial charge in [-0.05, 0) is 32.7 Å². The number of hydrogen-bond acceptors (Lipinski definition) is 4. The molecular formula is C15H25N3O. The van der Waals surface area contributed by atoms with Gasteiger partial charge in [-0.15, -0.1) is 0 Å². The fourth-order valence-corrected chi connectivity index (χ4v) is 3.58. The lowest BCUT2D eigenvalue weighted by molar-refractivity contribution is -0.000467. The van der Waals surface area contributed by atoms with E-state index in [0.717, 1.165) is 24.0 Å². The minimum atomic E-state index is 0.666. The molecule has 2 saturated heterocycles. The van der Waals surface area contributed by atoms with E-state index in [1.54, 1.807) is 0 Å². The Balaban J connectivity index is 1.68. The van der Waals surface area contributed by atoms with E-state index in [1.807, 2.05) is 6.92 Å². The Morgan fingerprint density at radius 2 is 2.26 bits per heavy atom. The van der Waals surface area contributed by atoms with Crippen LogP contribution in [0.15, 0.2) is 10.6 Å². The lowest BCUT2D eigenvalue weighted by Gasteiger charge is -2.48. The van der Waals surface area contributed by atoms with Crippen molar-refractivity contribution in [2.24, 2.45) is 0 Å². The minimum absolute atomic E-state index is 0.666. The minimum Gasteiger partial charge on any atom is -0.360 e. The lowest BCUT2D eigenvalue weighted by Crippen LogP contribution is -2.58. The van der Waals surface area contributed by atoms with Gasteiger partial charge in [0.1, 0.15) is 0 Å². The second-order valence-corrected chi connectivity index (χ2v) is 6.07. The van der Waals surface area contributed by atoms with Crippen LogP contribution >= 0.6 is 0 Å². The zero-order chi connectivity index (χ0) is 13.2. The number of piperidine rings is 1. The van der Waals surface area contributed by atoms with Gasteiger partial charge < -0.3 is 4.52 Å². The monoisotopic (exact) mass is 263 g/mol. The second kappa shape index (κ2) is 5.63. The average Bonchev–Trinajstić information content (AvgIpc) is 2.83. The molecule has 2 aliphatic heterocycles. The van der Waals surface area contributed by atoms with Gasteiger partial charge in [0.2, 0.25) is 0 Å². The van der Waals surface area contributed by atoms with Crippen molar-refractivity contribution in [3.63, 3.8) is 0 Å². The Morgan fingerprint density at radius 1 is 1.37 bits per heavy atom. The van der Waals surface area contributed by atoms with Crippen LogP contribution < -0.4 is 0 Å². The second-order valence-electron chi connectivity index (χ2n) is 6.07. The van der Waals surface area contributed by atoms with Gasteiger partial charge in [0, 0.05) is 31.2 Å². The van der Waals surface area contributed by atoms with Gasteiger partial charge in [0.25, 0.3) is 0 Å². The van der Waals surface area contributed by atoms with Crippen LogP contribution in [-0.2, 0) is 6.54 Å². The zero-order valence-corrected chi connectivity index (χ0v) is 12.1. The summed E-state index contributed by atoms with van der Waals surface area (Å²) < 4.78 is 5.39. The van der Waals surface area contributed by atoms with Crippen LogP contribution in [0.3, 0.4) is 0 Å². The molecule has 0 radical (unpaired) electrons. The number of fused-ring (bicyclic) bond motifs is 1. The average molecular weight is 263 g/mol. The Kier molecular flexibility index (Phi) is 3.89. The fraction of sp³-hybridized carbons (Fsp3) is 0.800. The summed E-state index contributed by atoms with van der Waals surface area (Å²) in [6.45, 7) is 8.93. The van der Waals surface area contributed by atoms with E-state index in [1.165, 1.54) is 45.3 Å². The van der Waals surface area contributed by atoms with E-state index < -0.39 is 0 Å². The summed E-state index contributed by atoms with van der Waals surface area (Å²) >= 11 is 0. The Labute approximate surface area is 115 Å². The molecule has 3 rings (SSSR count). The van der Waals surface area contributed by atoms with Crippen molar-refractivity contribution in [3.8, 4) is 0 Å². The van der Waals surface area contributed by atoms with Gasteiger partial charge in [-0.25, -0.2) is 0 Å². The molecule has 3 heterocycles. The quantitative estimate of drug-likeness (QED) is 0.838. The molecule has 0 saturated carbocycles. The lowest BCUT2D eigenvalue weighted by atomic mass is 9.96. The highest BCUT2D eigenvalue weighted by molar-refractivity contribution is 5.04. The summed E-state index contributed by atoms with van der Waals surface area (Å²) in [4.78, 5) is 5.31. The first-order valence-electron chi connectivity index (χ1n) is 7.66. The molecule has 2 aliphatic rings. The molecule has 106 valence electrons. The number of piperazine rings is 1. The van der Waals surface area contributed by atoms with Crippen LogP contribution in [0, 0.1) is 6.92 Å². The summed E-state index contributed by atoms with van der Waals surface area (Å²) in [7, 11) is 0. The Hall–Kier alpha value is -0.870. The van der Waals surface area contributed by atoms with Gasteiger partial charge in [-0.1, -0.05) is 18.5 Å². The van der Waals surface area contributed by atoms with Gasteiger partial charge >= 0.3 is 0 Å². The molecule has 0 N–H and O–H groups in total. The Morgan fingerprint density at radius 3 is 3.00 bits per heavy atom. The molecule has 0 amide bonds. The molecule has 4 heteroatoms. The third-order valence-electron chi connectivity index (χ3n) is 4.66. The predicted octanol–water partition coefficient (Wildman–Crippen LogP) is 2.43. The van der Waals surface area contributed by atoms with Gasteiger partial charge in [-0.3, -0.25) is 9.80 Å². The third kappa shape index (κ3) is 2.84. The number of hydrogen-bond donors (Lipinski definition) is 0. The highest BCUT2D eigenvalue weighted by Crippen LogP contribution is 2.26. The van der Waals surface area contributed by atoms with Gasteiger partial charge in [0.05, 0.1) is 12.2 Å². The van der Waals surface area contributed by atoms with E-state index in [-0.39, 0.29) is 0 Å². The van der Waals surface area contributed by atoms with Crippen molar-refractivity contribution >= 4 is 0 Å². The molecular weight excluding hydrogens is 238 g/mol. The van der Waals surface area contributed by atoms with Crippen LogP contribution in [0.2, 0.25) is 0 Å². The first kappa shape index (κ1) is 13.1. The topological polar surface area (TPSA) is 32.5 Å². The maximum absolute atomic E-state index is 5.39. The van der Waals surface area contributed by atoms with Crippen LogP contribution in [0.25, 0.3) is 0 Å². The largest absolute Gasteiger partial charge is 0.360 e. The van der Waals surface area contributed by atoms with Crippen molar-refractivity contribution in [2.45, 2.75) is 58.2 Å². The normalized spacial score (nSPS) is 29.4.